The van der Waals surface area contributed by atoms with Crippen LogP contribution in [-0.4, -0.2) is 16.6 Å². The zero-order chi connectivity index (χ0) is 11.4. The number of hydrogen-bond donors (Lipinski definition) is 1. The van der Waals surface area contributed by atoms with E-state index in [0.717, 1.165) is 19.3 Å². The predicted octanol–water partition coefficient (Wildman–Crippen LogP) is 3.43. The maximum atomic E-state index is 10.3. The summed E-state index contributed by atoms with van der Waals surface area (Å²) in [5.74, 6) is 2.83. The van der Waals surface area contributed by atoms with Gasteiger partial charge in [0.25, 0.3) is 0 Å². The van der Waals surface area contributed by atoms with Crippen LogP contribution in [0, 0.1) is 5.92 Å². The molecule has 0 fully saturated rings. The van der Waals surface area contributed by atoms with Gasteiger partial charge in [-0.3, -0.25) is 0 Å². The van der Waals surface area contributed by atoms with Gasteiger partial charge in [-0.25, -0.2) is 0 Å². The van der Waals surface area contributed by atoms with E-state index < -0.39 is 0 Å². The van der Waals surface area contributed by atoms with E-state index in [2.05, 4.69) is 25.1 Å². The van der Waals surface area contributed by atoms with Crippen LogP contribution in [0.2, 0.25) is 0 Å². The first-order chi connectivity index (χ1) is 7.83. The zero-order valence-corrected chi connectivity index (χ0v) is 10.7. The van der Waals surface area contributed by atoms with E-state index in [4.69, 9.17) is 0 Å². The number of benzene rings is 1. The normalized spacial score (nSPS) is 24.1. The Balaban J connectivity index is 2.00. The van der Waals surface area contributed by atoms with Crippen molar-refractivity contribution < 1.29 is 5.11 Å². The maximum absolute atomic E-state index is 10.3. The van der Waals surface area contributed by atoms with Gasteiger partial charge in [0, 0.05) is 0 Å². The molecular weight excluding hydrogens is 216 g/mol. The van der Waals surface area contributed by atoms with Gasteiger partial charge < -0.3 is 5.11 Å². The average Bonchev–Trinajstić information content (AvgIpc) is 2.33. The summed E-state index contributed by atoms with van der Waals surface area (Å²) in [6, 6.07) is 8.33. The molecule has 0 bridgehead atoms. The molecule has 0 radical (unpaired) electrons. The van der Waals surface area contributed by atoms with Crippen LogP contribution in [0.1, 0.15) is 37.0 Å². The summed E-state index contributed by atoms with van der Waals surface area (Å²) in [6.45, 7) is 2.19. The van der Waals surface area contributed by atoms with Gasteiger partial charge in [-0.05, 0) is 47.8 Å². The monoisotopic (exact) mass is 236 g/mol. The van der Waals surface area contributed by atoms with E-state index >= 15 is 0 Å². The quantitative estimate of drug-likeness (QED) is 0.808. The standard InChI is InChI=1S/C14H20OS/c1-2-16-10-9-12-8-7-11-5-3-4-6-13(11)14(12)15/h3-6,12,14-15H,2,7-10H2,1H3. The molecule has 2 heteroatoms. The summed E-state index contributed by atoms with van der Waals surface area (Å²) >= 11 is 1.97. The second-order valence-electron chi connectivity index (χ2n) is 4.43. The third-order valence-electron chi connectivity index (χ3n) is 3.44. The van der Waals surface area contributed by atoms with Crippen LogP contribution in [0.4, 0.5) is 0 Å². The number of thioether (sulfide) groups is 1. The number of fused-ring (bicyclic) bond motifs is 1. The van der Waals surface area contributed by atoms with Crippen LogP contribution in [0.25, 0.3) is 0 Å². The van der Waals surface area contributed by atoms with Crippen molar-refractivity contribution >= 4 is 11.8 Å². The van der Waals surface area contributed by atoms with Gasteiger partial charge >= 0.3 is 0 Å². The number of hydrogen-bond acceptors (Lipinski definition) is 2. The third-order valence-corrected chi connectivity index (χ3v) is 4.37. The Bertz CT molecular complexity index is 337. The molecule has 2 rings (SSSR count). The first-order valence-corrected chi connectivity index (χ1v) is 7.32. The highest BCUT2D eigenvalue weighted by atomic mass is 32.2. The first kappa shape index (κ1) is 12.0. The summed E-state index contributed by atoms with van der Waals surface area (Å²) < 4.78 is 0. The highest BCUT2D eigenvalue weighted by molar-refractivity contribution is 7.99. The van der Waals surface area contributed by atoms with Gasteiger partial charge in [0.15, 0.2) is 0 Å². The van der Waals surface area contributed by atoms with Gasteiger partial charge in [-0.1, -0.05) is 31.2 Å². The summed E-state index contributed by atoms with van der Waals surface area (Å²) in [6.07, 6.45) is 3.19. The van der Waals surface area contributed by atoms with Crippen molar-refractivity contribution in [2.75, 3.05) is 11.5 Å². The van der Waals surface area contributed by atoms with Gasteiger partial charge in [0.2, 0.25) is 0 Å². The summed E-state index contributed by atoms with van der Waals surface area (Å²) in [7, 11) is 0. The summed E-state index contributed by atoms with van der Waals surface area (Å²) in [4.78, 5) is 0. The Hall–Kier alpha value is -0.470. The van der Waals surface area contributed by atoms with E-state index in [1.165, 1.54) is 22.6 Å². The fourth-order valence-electron chi connectivity index (χ4n) is 2.48. The number of aliphatic hydroxyl groups is 1. The smallest absolute Gasteiger partial charge is 0.0821 e. The van der Waals surface area contributed by atoms with Gasteiger partial charge in [-0.2, -0.15) is 11.8 Å². The lowest BCUT2D eigenvalue weighted by Crippen LogP contribution is -2.21. The molecular formula is C14H20OS. The highest BCUT2D eigenvalue weighted by Gasteiger charge is 2.26. The molecule has 0 amide bonds. The van der Waals surface area contributed by atoms with E-state index in [9.17, 15) is 5.11 Å². The Morgan fingerprint density at radius 3 is 3.00 bits per heavy atom. The Morgan fingerprint density at radius 1 is 1.38 bits per heavy atom. The first-order valence-electron chi connectivity index (χ1n) is 6.16. The number of rotatable bonds is 4. The van der Waals surface area contributed by atoms with Crippen molar-refractivity contribution in [2.45, 2.75) is 32.3 Å². The summed E-state index contributed by atoms with van der Waals surface area (Å²) in [5, 5.41) is 10.3. The van der Waals surface area contributed by atoms with Crippen molar-refractivity contribution in [3.63, 3.8) is 0 Å². The van der Waals surface area contributed by atoms with Crippen LogP contribution >= 0.6 is 11.8 Å². The fourth-order valence-corrected chi connectivity index (χ4v) is 3.24. The van der Waals surface area contributed by atoms with Gasteiger partial charge in [0.05, 0.1) is 6.10 Å². The third kappa shape index (κ3) is 2.61. The number of aliphatic hydroxyl groups excluding tert-OH is 1. The Morgan fingerprint density at radius 2 is 2.19 bits per heavy atom. The lowest BCUT2D eigenvalue weighted by Gasteiger charge is -2.30. The molecule has 1 aromatic rings. The molecule has 0 saturated carbocycles. The van der Waals surface area contributed by atoms with Crippen LogP contribution in [0.15, 0.2) is 24.3 Å². The molecule has 16 heavy (non-hydrogen) atoms. The molecule has 0 spiro atoms. The highest BCUT2D eigenvalue weighted by Crippen LogP contribution is 2.36. The zero-order valence-electron chi connectivity index (χ0n) is 9.86. The largest absolute Gasteiger partial charge is 0.388 e. The molecule has 0 aliphatic heterocycles. The molecule has 0 heterocycles. The molecule has 1 N–H and O–H groups in total. The minimum absolute atomic E-state index is 0.234. The van der Waals surface area contributed by atoms with Crippen molar-refractivity contribution in [3.8, 4) is 0 Å². The molecule has 0 aromatic heterocycles. The van der Waals surface area contributed by atoms with Crippen LogP contribution in [-0.2, 0) is 6.42 Å². The minimum atomic E-state index is -0.234. The molecule has 88 valence electrons. The second kappa shape index (κ2) is 5.74. The fraction of sp³-hybridized carbons (Fsp3) is 0.571. The Labute approximate surface area is 102 Å². The van der Waals surface area contributed by atoms with E-state index in [-0.39, 0.29) is 6.10 Å². The molecule has 2 unspecified atom stereocenters. The lowest BCUT2D eigenvalue weighted by molar-refractivity contribution is 0.0921. The van der Waals surface area contributed by atoms with Crippen LogP contribution < -0.4 is 0 Å². The van der Waals surface area contributed by atoms with E-state index in [0.29, 0.717) is 5.92 Å². The lowest BCUT2D eigenvalue weighted by atomic mass is 9.80. The van der Waals surface area contributed by atoms with E-state index in [1.807, 2.05) is 17.8 Å². The molecule has 1 aromatic carbocycles. The van der Waals surface area contributed by atoms with Gasteiger partial charge in [-0.15, -0.1) is 0 Å². The predicted molar refractivity (Wildman–Crippen MR) is 70.8 cm³/mol. The topological polar surface area (TPSA) is 20.2 Å². The van der Waals surface area contributed by atoms with Crippen molar-refractivity contribution in [1.82, 2.24) is 0 Å². The van der Waals surface area contributed by atoms with Crippen LogP contribution in [0.3, 0.4) is 0 Å². The molecule has 1 aliphatic carbocycles. The van der Waals surface area contributed by atoms with Gasteiger partial charge in [0.1, 0.15) is 0 Å². The molecule has 1 nitrogen and oxygen atoms in total. The summed E-state index contributed by atoms with van der Waals surface area (Å²) in [5.41, 5.74) is 2.51. The average molecular weight is 236 g/mol. The molecule has 1 aliphatic rings. The SMILES string of the molecule is CCSCCC1CCc2ccccc2C1O. The second-order valence-corrected chi connectivity index (χ2v) is 5.82. The Kier molecular flexibility index (Phi) is 4.30. The van der Waals surface area contributed by atoms with Crippen molar-refractivity contribution in [2.24, 2.45) is 5.92 Å². The van der Waals surface area contributed by atoms with Crippen molar-refractivity contribution in [3.05, 3.63) is 35.4 Å². The van der Waals surface area contributed by atoms with E-state index in [1.54, 1.807) is 0 Å². The molecule has 2 atom stereocenters. The molecule has 0 saturated heterocycles. The minimum Gasteiger partial charge on any atom is -0.388 e. The number of aryl methyl sites for hydroxylation is 1. The maximum Gasteiger partial charge on any atom is 0.0821 e. The van der Waals surface area contributed by atoms with Crippen molar-refractivity contribution in [1.29, 1.82) is 0 Å². The van der Waals surface area contributed by atoms with Crippen LogP contribution in [0.5, 0.6) is 0 Å².